The van der Waals surface area contributed by atoms with Crippen LogP contribution in [0, 0.1) is 0 Å². The zero-order chi connectivity index (χ0) is 9.97. The van der Waals surface area contributed by atoms with Crippen LogP contribution in [0.5, 0.6) is 0 Å². The van der Waals surface area contributed by atoms with Gasteiger partial charge >= 0.3 is 0 Å². The standard InChI is InChI=1S/C12H13NO/c1-14-8-9-4-2-6-11-10(9)5-3-7-12(11)13/h2-7H,8,13H2,1H3. The molecule has 0 bridgehead atoms. The maximum atomic E-state index is 5.88. The second-order valence-corrected chi connectivity index (χ2v) is 3.29. The Morgan fingerprint density at radius 1 is 1.07 bits per heavy atom. The molecule has 2 N–H and O–H groups in total. The van der Waals surface area contributed by atoms with Gasteiger partial charge in [-0.3, -0.25) is 0 Å². The predicted molar refractivity (Wildman–Crippen MR) is 59.1 cm³/mol. The number of nitrogens with two attached hydrogens (primary N) is 1. The first kappa shape index (κ1) is 9.03. The molecule has 0 aliphatic carbocycles. The van der Waals surface area contributed by atoms with Crippen LogP contribution in [0.2, 0.25) is 0 Å². The van der Waals surface area contributed by atoms with Gasteiger partial charge in [-0.15, -0.1) is 0 Å². The van der Waals surface area contributed by atoms with Crippen molar-refractivity contribution < 1.29 is 4.74 Å². The van der Waals surface area contributed by atoms with Crippen molar-refractivity contribution in [3.05, 3.63) is 42.0 Å². The van der Waals surface area contributed by atoms with E-state index in [0.29, 0.717) is 6.61 Å². The summed E-state index contributed by atoms with van der Waals surface area (Å²) in [6, 6.07) is 12.1. The molecule has 0 atom stereocenters. The summed E-state index contributed by atoms with van der Waals surface area (Å²) in [6.45, 7) is 0.626. The van der Waals surface area contributed by atoms with Crippen molar-refractivity contribution in [2.45, 2.75) is 6.61 Å². The fraction of sp³-hybridized carbons (Fsp3) is 0.167. The lowest BCUT2D eigenvalue weighted by molar-refractivity contribution is 0.186. The van der Waals surface area contributed by atoms with Gasteiger partial charge in [-0.25, -0.2) is 0 Å². The largest absolute Gasteiger partial charge is 0.398 e. The van der Waals surface area contributed by atoms with E-state index in [1.54, 1.807) is 7.11 Å². The number of fused-ring (bicyclic) bond motifs is 1. The van der Waals surface area contributed by atoms with E-state index in [-0.39, 0.29) is 0 Å². The van der Waals surface area contributed by atoms with E-state index in [1.165, 1.54) is 10.9 Å². The summed E-state index contributed by atoms with van der Waals surface area (Å²) in [5.41, 5.74) is 7.88. The number of nitrogen functional groups attached to an aromatic ring is 1. The minimum absolute atomic E-state index is 0.626. The van der Waals surface area contributed by atoms with Crippen molar-refractivity contribution in [3.63, 3.8) is 0 Å². The molecule has 0 fully saturated rings. The Morgan fingerprint density at radius 2 is 1.79 bits per heavy atom. The average molecular weight is 187 g/mol. The van der Waals surface area contributed by atoms with Gasteiger partial charge in [0.05, 0.1) is 6.61 Å². The summed E-state index contributed by atoms with van der Waals surface area (Å²) in [5, 5.41) is 2.27. The third kappa shape index (κ3) is 1.44. The highest BCUT2D eigenvalue weighted by atomic mass is 16.5. The van der Waals surface area contributed by atoms with E-state index in [9.17, 15) is 0 Å². The molecular weight excluding hydrogens is 174 g/mol. The fourth-order valence-corrected chi connectivity index (χ4v) is 1.68. The Bertz CT molecular complexity index is 451. The van der Waals surface area contributed by atoms with Crippen LogP contribution in [-0.2, 0) is 11.3 Å². The van der Waals surface area contributed by atoms with Crippen molar-refractivity contribution >= 4 is 16.5 Å². The highest BCUT2D eigenvalue weighted by molar-refractivity contribution is 5.94. The van der Waals surface area contributed by atoms with Gasteiger partial charge in [0, 0.05) is 18.2 Å². The minimum Gasteiger partial charge on any atom is -0.398 e. The molecule has 0 unspecified atom stereocenters. The van der Waals surface area contributed by atoms with Gasteiger partial charge in [-0.1, -0.05) is 30.3 Å². The first-order chi connectivity index (χ1) is 6.83. The fourth-order valence-electron chi connectivity index (χ4n) is 1.68. The molecule has 0 saturated carbocycles. The van der Waals surface area contributed by atoms with Gasteiger partial charge in [0.1, 0.15) is 0 Å². The quantitative estimate of drug-likeness (QED) is 0.733. The number of hydrogen-bond donors (Lipinski definition) is 1. The predicted octanol–water partition coefficient (Wildman–Crippen LogP) is 2.57. The van der Waals surface area contributed by atoms with E-state index in [1.807, 2.05) is 24.3 Å². The molecule has 0 aliphatic heterocycles. The van der Waals surface area contributed by atoms with E-state index in [4.69, 9.17) is 10.5 Å². The molecule has 0 aliphatic rings. The Morgan fingerprint density at radius 3 is 2.57 bits per heavy atom. The smallest absolute Gasteiger partial charge is 0.0719 e. The summed E-state index contributed by atoms with van der Waals surface area (Å²) in [4.78, 5) is 0. The molecule has 0 aromatic heterocycles. The number of ether oxygens (including phenoxy) is 1. The lowest BCUT2D eigenvalue weighted by Crippen LogP contribution is -1.92. The van der Waals surface area contributed by atoms with Crippen molar-refractivity contribution in [3.8, 4) is 0 Å². The molecule has 2 nitrogen and oxygen atoms in total. The van der Waals surface area contributed by atoms with Crippen molar-refractivity contribution in [1.29, 1.82) is 0 Å². The first-order valence-corrected chi connectivity index (χ1v) is 4.58. The van der Waals surface area contributed by atoms with Crippen LogP contribution >= 0.6 is 0 Å². The Balaban J connectivity index is 2.68. The SMILES string of the molecule is COCc1cccc2c(N)cccc12. The van der Waals surface area contributed by atoms with Crippen LogP contribution in [-0.4, -0.2) is 7.11 Å². The number of anilines is 1. The maximum Gasteiger partial charge on any atom is 0.0719 e. The summed E-state index contributed by atoms with van der Waals surface area (Å²) >= 11 is 0. The van der Waals surface area contributed by atoms with Gasteiger partial charge in [-0.05, 0) is 17.0 Å². The first-order valence-electron chi connectivity index (χ1n) is 4.58. The summed E-state index contributed by atoms with van der Waals surface area (Å²) in [6.07, 6.45) is 0. The van der Waals surface area contributed by atoms with Crippen LogP contribution < -0.4 is 5.73 Å². The zero-order valence-corrected chi connectivity index (χ0v) is 8.16. The molecule has 0 heterocycles. The zero-order valence-electron chi connectivity index (χ0n) is 8.16. The molecule has 2 heteroatoms. The molecule has 14 heavy (non-hydrogen) atoms. The molecular formula is C12H13NO. The normalized spacial score (nSPS) is 10.6. The number of methoxy groups -OCH3 is 1. The van der Waals surface area contributed by atoms with Gasteiger partial charge in [0.2, 0.25) is 0 Å². The highest BCUT2D eigenvalue weighted by Gasteiger charge is 2.01. The second-order valence-electron chi connectivity index (χ2n) is 3.29. The molecule has 2 rings (SSSR count). The molecule has 2 aromatic carbocycles. The third-order valence-corrected chi connectivity index (χ3v) is 2.35. The lowest BCUT2D eigenvalue weighted by Gasteiger charge is -2.06. The molecule has 0 amide bonds. The van der Waals surface area contributed by atoms with Gasteiger partial charge in [0.25, 0.3) is 0 Å². The molecule has 72 valence electrons. The Labute approximate surface area is 83.3 Å². The van der Waals surface area contributed by atoms with Gasteiger partial charge in [0.15, 0.2) is 0 Å². The van der Waals surface area contributed by atoms with Crippen molar-refractivity contribution in [2.24, 2.45) is 0 Å². The summed E-state index contributed by atoms with van der Waals surface area (Å²) in [7, 11) is 1.70. The van der Waals surface area contributed by atoms with E-state index >= 15 is 0 Å². The van der Waals surface area contributed by atoms with Gasteiger partial charge in [-0.2, -0.15) is 0 Å². The second kappa shape index (κ2) is 3.68. The monoisotopic (exact) mass is 187 g/mol. The van der Waals surface area contributed by atoms with Crippen LogP contribution in [0.3, 0.4) is 0 Å². The van der Waals surface area contributed by atoms with Gasteiger partial charge < -0.3 is 10.5 Å². The van der Waals surface area contributed by atoms with Crippen molar-refractivity contribution in [1.82, 2.24) is 0 Å². The van der Waals surface area contributed by atoms with E-state index in [0.717, 1.165) is 11.1 Å². The third-order valence-electron chi connectivity index (χ3n) is 2.35. The van der Waals surface area contributed by atoms with E-state index < -0.39 is 0 Å². The average Bonchev–Trinajstić information content (AvgIpc) is 2.20. The van der Waals surface area contributed by atoms with Crippen molar-refractivity contribution in [2.75, 3.05) is 12.8 Å². The number of hydrogen-bond acceptors (Lipinski definition) is 2. The molecule has 0 saturated heterocycles. The molecule has 0 radical (unpaired) electrons. The Hall–Kier alpha value is -1.54. The number of benzene rings is 2. The van der Waals surface area contributed by atoms with Crippen LogP contribution in [0.25, 0.3) is 10.8 Å². The number of rotatable bonds is 2. The van der Waals surface area contributed by atoms with E-state index in [2.05, 4.69) is 12.1 Å². The molecule has 2 aromatic rings. The summed E-state index contributed by atoms with van der Waals surface area (Å²) < 4.78 is 5.14. The lowest BCUT2D eigenvalue weighted by atomic mass is 10.0. The highest BCUT2D eigenvalue weighted by Crippen LogP contribution is 2.24. The summed E-state index contributed by atoms with van der Waals surface area (Å²) in [5.74, 6) is 0. The maximum absolute atomic E-state index is 5.88. The Kier molecular flexibility index (Phi) is 2.37. The molecule has 0 spiro atoms. The topological polar surface area (TPSA) is 35.2 Å². The van der Waals surface area contributed by atoms with Crippen LogP contribution in [0.15, 0.2) is 36.4 Å². The van der Waals surface area contributed by atoms with Crippen LogP contribution in [0.1, 0.15) is 5.56 Å². The van der Waals surface area contributed by atoms with Crippen LogP contribution in [0.4, 0.5) is 5.69 Å². The minimum atomic E-state index is 0.626.